The van der Waals surface area contributed by atoms with E-state index < -0.39 is 0 Å². The molecule has 0 radical (unpaired) electrons. The molecule has 3 aromatic rings. The van der Waals surface area contributed by atoms with Crippen molar-refractivity contribution in [3.05, 3.63) is 53.7 Å². The zero-order valence-electron chi connectivity index (χ0n) is 12.4. The lowest BCUT2D eigenvalue weighted by molar-refractivity contribution is 0.246. The van der Waals surface area contributed by atoms with Gasteiger partial charge in [-0.1, -0.05) is 29.8 Å². The molecule has 4 heteroatoms. The maximum atomic E-state index is 10.2. The average Bonchev–Trinajstić information content (AvgIpc) is 2.50. The van der Waals surface area contributed by atoms with Gasteiger partial charge in [-0.3, -0.25) is 4.98 Å². The molecule has 0 bridgehead atoms. The lowest BCUT2D eigenvalue weighted by Gasteiger charge is -2.18. The van der Waals surface area contributed by atoms with Gasteiger partial charge < -0.3 is 9.84 Å². The maximum absolute atomic E-state index is 10.2. The number of phenolic OH excluding ortho intramolecular Hbond substituents is 1. The predicted octanol–water partition coefficient (Wildman–Crippen LogP) is 5.05. The third-order valence-corrected chi connectivity index (χ3v) is 3.66. The van der Waals surface area contributed by atoms with E-state index in [2.05, 4.69) is 4.98 Å². The van der Waals surface area contributed by atoms with Crippen LogP contribution in [0.3, 0.4) is 0 Å². The molecule has 0 aliphatic rings. The third-order valence-electron chi connectivity index (χ3n) is 3.34. The summed E-state index contributed by atoms with van der Waals surface area (Å²) in [7, 11) is 0. The molecule has 0 aliphatic heterocycles. The van der Waals surface area contributed by atoms with Crippen LogP contribution in [-0.4, -0.2) is 16.2 Å². The highest BCUT2D eigenvalue weighted by molar-refractivity contribution is 6.36. The van der Waals surface area contributed by atoms with Crippen molar-refractivity contribution in [1.29, 1.82) is 0 Å². The summed E-state index contributed by atoms with van der Waals surface area (Å²) in [6, 6.07) is 12.7. The van der Waals surface area contributed by atoms with Gasteiger partial charge in [0.1, 0.15) is 11.3 Å². The van der Waals surface area contributed by atoms with Crippen LogP contribution in [0.4, 0.5) is 0 Å². The Kier molecular flexibility index (Phi) is 3.90. The lowest BCUT2D eigenvalue weighted by Crippen LogP contribution is -2.07. The summed E-state index contributed by atoms with van der Waals surface area (Å²) >= 11 is 6.40. The second kappa shape index (κ2) is 5.85. The predicted molar refractivity (Wildman–Crippen MR) is 89.6 cm³/mol. The first-order valence-corrected chi connectivity index (χ1v) is 7.48. The Bertz CT molecular complexity index is 830. The molecule has 3 rings (SSSR count). The van der Waals surface area contributed by atoms with Crippen LogP contribution < -0.4 is 4.74 Å². The van der Waals surface area contributed by atoms with E-state index in [0.29, 0.717) is 21.9 Å². The fourth-order valence-corrected chi connectivity index (χ4v) is 2.69. The molecule has 1 N–H and O–H groups in total. The van der Waals surface area contributed by atoms with Crippen molar-refractivity contribution in [2.24, 2.45) is 0 Å². The normalized spacial score (nSPS) is 11.1. The molecular weight excluding hydrogens is 298 g/mol. The smallest absolute Gasteiger partial charge is 0.153 e. The van der Waals surface area contributed by atoms with Crippen LogP contribution in [0, 0.1) is 0 Å². The number of fused-ring (bicyclic) bond motifs is 1. The Morgan fingerprint density at radius 1 is 1.09 bits per heavy atom. The molecule has 0 saturated carbocycles. The number of halogens is 1. The van der Waals surface area contributed by atoms with Crippen molar-refractivity contribution in [3.8, 4) is 22.6 Å². The number of rotatable bonds is 3. The molecule has 112 valence electrons. The SMILES string of the molecule is CC(C)Oc1c(-c2ccccc2O)cc(Cl)c2cccnc12. The molecule has 3 nitrogen and oxygen atoms in total. The lowest BCUT2D eigenvalue weighted by atomic mass is 10.0. The average molecular weight is 314 g/mol. The number of para-hydroxylation sites is 1. The molecule has 0 spiro atoms. The molecule has 2 aromatic carbocycles. The summed E-state index contributed by atoms with van der Waals surface area (Å²) in [6.07, 6.45) is 1.69. The minimum Gasteiger partial charge on any atom is -0.507 e. The summed E-state index contributed by atoms with van der Waals surface area (Å²) in [5.74, 6) is 0.818. The van der Waals surface area contributed by atoms with Crippen molar-refractivity contribution in [2.45, 2.75) is 20.0 Å². The zero-order chi connectivity index (χ0) is 15.7. The molecule has 0 amide bonds. The van der Waals surface area contributed by atoms with Gasteiger partial charge in [-0.05, 0) is 38.1 Å². The Hall–Kier alpha value is -2.26. The van der Waals surface area contributed by atoms with Crippen molar-refractivity contribution in [1.82, 2.24) is 4.98 Å². The van der Waals surface area contributed by atoms with E-state index in [0.717, 1.165) is 10.9 Å². The van der Waals surface area contributed by atoms with Crippen molar-refractivity contribution in [2.75, 3.05) is 0 Å². The van der Waals surface area contributed by atoms with E-state index in [1.165, 1.54) is 0 Å². The molecule has 0 aliphatic carbocycles. The first-order chi connectivity index (χ1) is 10.6. The van der Waals surface area contributed by atoms with Gasteiger partial charge in [0, 0.05) is 22.7 Å². The van der Waals surface area contributed by atoms with Crippen LogP contribution in [0.15, 0.2) is 48.7 Å². The van der Waals surface area contributed by atoms with Crippen LogP contribution in [0.5, 0.6) is 11.5 Å². The Balaban J connectivity index is 2.36. The molecule has 0 fully saturated rings. The Morgan fingerprint density at radius 3 is 2.59 bits per heavy atom. The number of aromatic nitrogens is 1. The number of phenols is 1. The number of aromatic hydroxyl groups is 1. The molecule has 1 aromatic heterocycles. The van der Waals surface area contributed by atoms with Gasteiger partial charge in [-0.15, -0.1) is 0 Å². The van der Waals surface area contributed by atoms with Crippen LogP contribution in [0.2, 0.25) is 5.02 Å². The van der Waals surface area contributed by atoms with Gasteiger partial charge in [0.05, 0.1) is 11.1 Å². The summed E-state index contributed by atoms with van der Waals surface area (Å²) in [4.78, 5) is 4.42. The maximum Gasteiger partial charge on any atom is 0.153 e. The highest BCUT2D eigenvalue weighted by atomic mass is 35.5. The third kappa shape index (κ3) is 2.60. The van der Waals surface area contributed by atoms with Gasteiger partial charge in [0.25, 0.3) is 0 Å². The fourth-order valence-electron chi connectivity index (χ4n) is 2.43. The standard InChI is InChI=1S/C18H16ClNO2/c1-11(2)22-18-14(12-6-3-4-8-16(12)21)10-15(19)13-7-5-9-20-17(13)18/h3-11,21H,1-2H3. The second-order valence-corrected chi connectivity index (χ2v) is 5.73. The first kappa shape index (κ1) is 14.7. The van der Waals surface area contributed by atoms with E-state index >= 15 is 0 Å². The summed E-state index contributed by atoms with van der Waals surface area (Å²) in [5.41, 5.74) is 2.11. The van der Waals surface area contributed by atoms with Crippen LogP contribution in [0.1, 0.15) is 13.8 Å². The van der Waals surface area contributed by atoms with Crippen molar-refractivity contribution < 1.29 is 9.84 Å². The molecule has 1 heterocycles. The number of nitrogens with zero attached hydrogens (tertiary/aromatic N) is 1. The van der Waals surface area contributed by atoms with Crippen LogP contribution in [-0.2, 0) is 0 Å². The highest BCUT2D eigenvalue weighted by Crippen LogP contribution is 2.42. The van der Waals surface area contributed by atoms with E-state index in [9.17, 15) is 5.11 Å². The minimum absolute atomic E-state index is 0.0176. The zero-order valence-corrected chi connectivity index (χ0v) is 13.1. The number of ether oxygens (including phenoxy) is 1. The quantitative estimate of drug-likeness (QED) is 0.736. The largest absolute Gasteiger partial charge is 0.507 e. The molecule has 0 unspecified atom stereocenters. The van der Waals surface area contributed by atoms with E-state index in [1.54, 1.807) is 18.3 Å². The topological polar surface area (TPSA) is 42.4 Å². The molecular formula is C18H16ClNO2. The van der Waals surface area contributed by atoms with E-state index in [-0.39, 0.29) is 11.9 Å². The van der Waals surface area contributed by atoms with E-state index in [4.69, 9.17) is 16.3 Å². The molecule has 22 heavy (non-hydrogen) atoms. The van der Waals surface area contributed by atoms with Crippen molar-refractivity contribution in [3.63, 3.8) is 0 Å². The summed E-state index contributed by atoms with van der Waals surface area (Å²) < 4.78 is 5.99. The fraction of sp³-hybridized carbons (Fsp3) is 0.167. The minimum atomic E-state index is -0.0176. The van der Waals surface area contributed by atoms with Gasteiger partial charge in [0.15, 0.2) is 5.75 Å². The number of benzene rings is 2. The molecule has 0 saturated heterocycles. The van der Waals surface area contributed by atoms with Crippen molar-refractivity contribution >= 4 is 22.5 Å². The Morgan fingerprint density at radius 2 is 1.86 bits per heavy atom. The Labute approximate surface area is 134 Å². The monoisotopic (exact) mass is 313 g/mol. The number of hydrogen-bond donors (Lipinski definition) is 1. The van der Waals surface area contributed by atoms with Gasteiger partial charge in [0.2, 0.25) is 0 Å². The summed E-state index contributed by atoms with van der Waals surface area (Å²) in [6.45, 7) is 3.91. The molecule has 0 atom stereocenters. The van der Waals surface area contributed by atoms with Gasteiger partial charge in [-0.2, -0.15) is 0 Å². The first-order valence-electron chi connectivity index (χ1n) is 7.10. The number of pyridine rings is 1. The van der Waals surface area contributed by atoms with Crippen LogP contribution >= 0.6 is 11.6 Å². The van der Waals surface area contributed by atoms with Gasteiger partial charge >= 0.3 is 0 Å². The van der Waals surface area contributed by atoms with Gasteiger partial charge in [-0.25, -0.2) is 0 Å². The second-order valence-electron chi connectivity index (χ2n) is 5.32. The summed E-state index contributed by atoms with van der Waals surface area (Å²) in [5, 5.41) is 11.6. The van der Waals surface area contributed by atoms with E-state index in [1.807, 2.05) is 44.2 Å². The number of hydrogen-bond acceptors (Lipinski definition) is 3. The highest BCUT2D eigenvalue weighted by Gasteiger charge is 2.18. The van der Waals surface area contributed by atoms with Crippen LogP contribution in [0.25, 0.3) is 22.0 Å².